The van der Waals surface area contributed by atoms with Crippen LogP contribution in [0.1, 0.15) is 80.2 Å². The summed E-state index contributed by atoms with van der Waals surface area (Å²) in [6, 6.07) is 20.2. The molecule has 5 aliphatic heterocycles. The maximum absolute atomic E-state index is 14.2. The molecule has 1 spiro atoms. The molecule has 3 aromatic heterocycles. The average Bonchev–Trinajstić information content (AvgIpc) is 3.99. The number of nitrogens with one attached hydrogen (secondary N) is 2. The average molecular weight is 934 g/mol. The quantitative estimate of drug-likeness (QED) is 0.144. The fourth-order valence-corrected chi connectivity index (χ4v) is 11.8. The van der Waals surface area contributed by atoms with Crippen LogP contribution in [0.4, 0.5) is 23.3 Å². The number of aliphatic hydroxyl groups is 1. The van der Waals surface area contributed by atoms with Gasteiger partial charge in [-0.3, -0.25) is 9.59 Å². The number of hydrogen-bond acceptors (Lipinski definition) is 16. The summed E-state index contributed by atoms with van der Waals surface area (Å²) in [6.45, 7) is 11.3. The van der Waals surface area contributed by atoms with Gasteiger partial charge in [-0.1, -0.05) is 43.3 Å². The summed E-state index contributed by atoms with van der Waals surface area (Å²) in [7, 11) is 0. The van der Waals surface area contributed by atoms with Gasteiger partial charge in [-0.25, -0.2) is 9.97 Å². The number of aliphatic hydroxyl groups excluding tert-OH is 1. The first-order chi connectivity index (χ1) is 33.5. The van der Waals surface area contributed by atoms with Crippen molar-refractivity contribution in [1.82, 2.24) is 40.4 Å². The van der Waals surface area contributed by atoms with Crippen LogP contribution in [-0.2, 0) is 16.1 Å². The number of para-hydroxylation sites is 1. The second-order valence-corrected chi connectivity index (χ2v) is 20.4. The van der Waals surface area contributed by atoms with Crippen LogP contribution in [0.25, 0.3) is 11.3 Å². The number of carbonyl (C=O) groups excluding carboxylic acids is 2. The molecule has 8 heterocycles. The number of benzene rings is 2. The highest BCUT2D eigenvalue weighted by Gasteiger charge is 2.55. The molecular formula is C51H59N13O5. The Morgan fingerprint density at radius 1 is 0.957 bits per heavy atom. The van der Waals surface area contributed by atoms with Crippen LogP contribution < -0.4 is 25.3 Å². The van der Waals surface area contributed by atoms with Crippen molar-refractivity contribution in [2.24, 2.45) is 11.3 Å². The van der Waals surface area contributed by atoms with Crippen molar-refractivity contribution in [2.45, 2.75) is 88.6 Å². The second-order valence-electron chi connectivity index (χ2n) is 20.4. The molecule has 1 saturated carbocycles. The van der Waals surface area contributed by atoms with E-state index in [1.54, 1.807) is 36.4 Å². The summed E-state index contributed by atoms with van der Waals surface area (Å²) in [5.74, 6) is 2.02. The van der Waals surface area contributed by atoms with Crippen LogP contribution in [0.2, 0.25) is 0 Å². The predicted molar refractivity (Wildman–Crippen MR) is 257 cm³/mol. The number of hydrogen-bond donors (Lipinski definition) is 4. The summed E-state index contributed by atoms with van der Waals surface area (Å²) in [5.41, 5.74) is 5.18. The molecule has 4 atom stereocenters. The van der Waals surface area contributed by atoms with Crippen LogP contribution in [-0.4, -0.2) is 140 Å². The molecule has 2 aromatic carbocycles. The van der Waals surface area contributed by atoms with Crippen molar-refractivity contribution < 1.29 is 24.3 Å². The van der Waals surface area contributed by atoms with Crippen molar-refractivity contribution in [3.05, 3.63) is 95.5 Å². The Morgan fingerprint density at radius 2 is 1.72 bits per heavy atom. The van der Waals surface area contributed by atoms with E-state index in [4.69, 9.17) is 19.8 Å². The number of phenolic OH excluding ortho intramolecular Hbond substituents is 1. The van der Waals surface area contributed by atoms with E-state index in [2.05, 4.69) is 51.7 Å². The number of rotatable bonds is 11. The third-order valence-corrected chi connectivity index (χ3v) is 15.6. The van der Waals surface area contributed by atoms with Crippen LogP contribution in [0.5, 0.6) is 5.75 Å². The third-order valence-electron chi connectivity index (χ3n) is 15.6. The molecule has 0 bridgehead atoms. The van der Waals surface area contributed by atoms with Crippen molar-refractivity contribution in [2.75, 3.05) is 78.9 Å². The van der Waals surface area contributed by atoms with E-state index in [-0.39, 0.29) is 54.4 Å². The van der Waals surface area contributed by atoms with E-state index in [0.717, 1.165) is 107 Å². The minimum atomic E-state index is -0.805. The first-order valence-electron chi connectivity index (χ1n) is 24.5. The number of piperazine rings is 1. The van der Waals surface area contributed by atoms with Gasteiger partial charge in [-0.2, -0.15) is 5.26 Å². The van der Waals surface area contributed by atoms with Crippen LogP contribution in [0, 0.1) is 22.7 Å². The van der Waals surface area contributed by atoms with Gasteiger partial charge in [0.15, 0.2) is 17.4 Å². The molecule has 4 N–H and O–H groups in total. The number of aromatic nitrogens is 5. The van der Waals surface area contributed by atoms with E-state index < -0.39 is 18.1 Å². The topological polar surface area (TPSA) is 216 Å². The number of anilines is 4. The zero-order chi connectivity index (χ0) is 47.4. The molecule has 1 aliphatic carbocycles. The molecule has 5 aromatic rings. The maximum atomic E-state index is 14.2. The molecule has 11 rings (SSSR count). The lowest BCUT2D eigenvalue weighted by molar-refractivity contribution is -0.141. The summed E-state index contributed by atoms with van der Waals surface area (Å²) in [4.78, 5) is 48.4. The Labute approximate surface area is 401 Å². The zero-order valence-electron chi connectivity index (χ0n) is 39.1. The highest BCUT2D eigenvalue weighted by atomic mass is 16.5. The number of fused-ring (bicyclic) bond motifs is 3. The predicted octanol–water partition coefficient (Wildman–Crippen LogP) is 4.49. The van der Waals surface area contributed by atoms with Crippen molar-refractivity contribution in [3.63, 3.8) is 0 Å². The number of likely N-dealkylation sites (tertiary alicyclic amines) is 2. The number of nitriles is 1. The zero-order valence-corrected chi connectivity index (χ0v) is 39.1. The molecule has 69 heavy (non-hydrogen) atoms. The number of aromatic hydroxyl groups is 1. The summed E-state index contributed by atoms with van der Waals surface area (Å²) in [6.07, 6.45) is 7.95. The molecule has 358 valence electrons. The molecule has 18 heteroatoms. The smallest absolute Gasteiger partial charge is 0.243 e. The normalized spacial score (nSPS) is 22.9. The fourth-order valence-electron chi connectivity index (χ4n) is 11.8. The van der Waals surface area contributed by atoms with Gasteiger partial charge in [0.05, 0.1) is 35.2 Å². The molecule has 0 radical (unpaired) electrons. The number of β-amino-alcohol motifs (C(OH)–C–C–N with tert-alkyl or cyclic N) is 1. The van der Waals surface area contributed by atoms with E-state index in [0.29, 0.717) is 34.5 Å². The van der Waals surface area contributed by atoms with E-state index in [9.17, 15) is 19.8 Å². The largest absolute Gasteiger partial charge is 0.507 e. The Bertz CT molecular complexity index is 2720. The Hall–Kier alpha value is -6.84. The number of carbonyl (C=O) groups is 2. The van der Waals surface area contributed by atoms with Crippen LogP contribution >= 0.6 is 0 Å². The van der Waals surface area contributed by atoms with Gasteiger partial charge >= 0.3 is 0 Å². The van der Waals surface area contributed by atoms with Crippen molar-refractivity contribution in [1.29, 1.82) is 5.26 Å². The van der Waals surface area contributed by atoms with Gasteiger partial charge in [-0.15, -0.1) is 10.2 Å². The molecular weight excluding hydrogens is 875 g/mol. The highest BCUT2D eigenvalue weighted by Crippen LogP contribution is 2.52. The maximum Gasteiger partial charge on any atom is 0.243 e. The van der Waals surface area contributed by atoms with Crippen LogP contribution in [0.3, 0.4) is 0 Å². The summed E-state index contributed by atoms with van der Waals surface area (Å²) in [5, 5.41) is 49.8. The minimum Gasteiger partial charge on any atom is -0.507 e. The first-order valence-corrected chi connectivity index (χ1v) is 24.5. The first kappa shape index (κ1) is 44.7. The SMILES string of the molecule is CC(C)C(C(=O)N1C[C@H](O)C[C@H]1C(=O)NCc1ccc(C#N)cc1)c1cc(N2CC3(CC(N4CCC(c5cnc(N6CCN7c8cc(-c9ccccc9O)nnc8NC[C@H]7C6)nc5)CC4)C3)C2)no1. The third kappa shape index (κ3) is 8.67. The van der Waals surface area contributed by atoms with Gasteiger partial charge < -0.3 is 49.9 Å². The lowest BCUT2D eigenvalue weighted by Crippen LogP contribution is -2.67. The molecule has 5 fully saturated rings. The van der Waals surface area contributed by atoms with E-state index >= 15 is 0 Å². The molecule has 2 amide bonds. The highest BCUT2D eigenvalue weighted by molar-refractivity contribution is 5.91. The monoisotopic (exact) mass is 933 g/mol. The van der Waals surface area contributed by atoms with E-state index in [1.165, 1.54) is 10.5 Å². The molecule has 4 saturated heterocycles. The Kier molecular flexibility index (Phi) is 11.8. The fraction of sp³-hybridized carbons (Fsp3) is 0.490. The van der Waals surface area contributed by atoms with Gasteiger partial charge in [0.25, 0.3) is 0 Å². The minimum absolute atomic E-state index is 0.0739. The molecule has 1 unspecified atom stereocenters. The van der Waals surface area contributed by atoms with Crippen LogP contribution in [0.15, 0.2) is 77.6 Å². The van der Waals surface area contributed by atoms with Gasteiger partial charge in [0.2, 0.25) is 17.8 Å². The van der Waals surface area contributed by atoms with Gasteiger partial charge in [-0.05, 0) is 92.1 Å². The second kappa shape index (κ2) is 18.2. The number of nitrogens with zero attached hydrogens (tertiary/aromatic N) is 11. The standard InChI is InChI=1S/C51H59N13O5/c1-31(2)46(49(68)64-28-38(65)17-42(64)48(67)54-23-33-9-7-32(22-52)8-10-33)44-19-45(59-69-44)62-29-51(30-62)20-36(21-51)60-13-11-34(12-14-60)35-24-55-50(56-25-35)61-15-16-63-37(27-61)26-53-47-41(63)18-40(57-58-47)39-5-3-4-6-43(39)66/h3-10,18-19,24-25,31,34,36-38,42,46,65-66H,11-17,20-21,23,26-30H2,1-2H3,(H,53,58)(H,54,67)/t37-,38+,42-,46?/m0/s1. The van der Waals surface area contributed by atoms with Gasteiger partial charge in [0.1, 0.15) is 17.7 Å². The number of phenols is 1. The van der Waals surface area contributed by atoms with Crippen molar-refractivity contribution in [3.8, 4) is 23.1 Å². The summed E-state index contributed by atoms with van der Waals surface area (Å²) >= 11 is 0. The Balaban J connectivity index is 0.637. The lowest BCUT2D eigenvalue weighted by atomic mass is 9.60. The summed E-state index contributed by atoms with van der Waals surface area (Å²) < 4.78 is 5.88. The van der Waals surface area contributed by atoms with Crippen molar-refractivity contribution >= 4 is 35.1 Å². The van der Waals surface area contributed by atoms with E-state index in [1.807, 2.05) is 50.5 Å². The number of piperidine rings is 1. The number of amides is 2. The molecule has 6 aliphatic rings. The van der Waals surface area contributed by atoms with Gasteiger partial charge in [0, 0.05) is 94.3 Å². The lowest BCUT2D eigenvalue weighted by Gasteiger charge is -2.61. The Morgan fingerprint density at radius 3 is 2.46 bits per heavy atom. The molecule has 18 nitrogen and oxygen atoms in total.